The van der Waals surface area contributed by atoms with E-state index in [0.717, 1.165) is 0 Å². The Morgan fingerprint density at radius 3 is 1.85 bits per heavy atom. The van der Waals surface area contributed by atoms with Crippen molar-refractivity contribution in [3.05, 3.63) is 0 Å². The van der Waals surface area contributed by atoms with E-state index >= 15 is 0 Å². The van der Waals surface area contributed by atoms with Crippen LogP contribution in [-0.2, 0) is 18.7 Å². The number of carboxylic acids is 1. The van der Waals surface area contributed by atoms with Gasteiger partial charge >= 0.3 is 13.8 Å². The molecule has 12 heteroatoms. The summed E-state index contributed by atoms with van der Waals surface area (Å²) in [6.07, 6.45) is -9.21. The molecule has 0 aromatic carbocycles. The van der Waals surface area contributed by atoms with Gasteiger partial charge in [0, 0.05) is 6.42 Å². The van der Waals surface area contributed by atoms with E-state index in [2.05, 4.69) is 4.52 Å². The summed E-state index contributed by atoms with van der Waals surface area (Å²) in [5.74, 6) is -3.28. The summed E-state index contributed by atoms with van der Waals surface area (Å²) in [5, 5.41) is 45.5. The third kappa shape index (κ3) is 7.03. The number of hydrogen-bond acceptors (Lipinski definition) is 8. The lowest BCUT2D eigenvalue weighted by Gasteiger charge is -2.25. The van der Waals surface area contributed by atoms with E-state index in [1.807, 2.05) is 0 Å². The summed E-state index contributed by atoms with van der Waals surface area (Å²) >= 11 is 0. The normalized spacial score (nSPS) is 18.1. The molecule has 0 bridgehead atoms. The standard InChI is InChI=1S/C8H15O11P/c9-3(1-4(10)8(14)15)6(12)7(13)5(11)2-19-20(16,17)18/h3,5-7,9,11-13H,1-2H2,(H,14,15)(H2,16,17,18). The predicted octanol–water partition coefficient (Wildman–Crippen LogP) is -3.42. The van der Waals surface area contributed by atoms with Crippen molar-refractivity contribution < 1.29 is 54.0 Å². The number of carbonyl (C=O) groups is 2. The van der Waals surface area contributed by atoms with Gasteiger partial charge in [-0.2, -0.15) is 0 Å². The molecule has 0 radical (unpaired) electrons. The lowest BCUT2D eigenvalue weighted by atomic mass is 9.99. The predicted molar refractivity (Wildman–Crippen MR) is 59.3 cm³/mol. The minimum absolute atomic E-state index is 1.01. The van der Waals surface area contributed by atoms with Gasteiger partial charge in [0.15, 0.2) is 0 Å². The summed E-state index contributed by atoms with van der Waals surface area (Å²) in [6.45, 7) is -1.05. The molecule has 4 atom stereocenters. The molecular formula is C8H15O11P. The number of hydrogen-bond donors (Lipinski definition) is 7. The van der Waals surface area contributed by atoms with Gasteiger partial charge in [0.2, 0.25) is 5.78 Å². The molecular weight excluding hydrogens is 303 g/mol. The molecule has 0 spiro atoms. The molecule has 0 rings (SSSR count). The van der Waals surface area contributed by atoms with Crippen LogP contribution < -0.4 is 0 Å². The molecule has 0 heterocycles. The van der Waals surface area contributed by atoms with E-state index in [0.29, 0.717) is 0 Å². The quantitative estimate of drug-likeness (QED) is 0.165. The molecule has 0 saturated heterocycles. The topological polar surface area (TPSA) is 202 Å². The lowest BCUT2D eigenvalue weighted by Crippen LogP contribution is -2.47. The average molecular weight is 318 g/mol. The van der Waals surface area contributed by atoms with Crippen LogP contribution in [0.2, 0.25) is 0 Å². The van der Waals surface area contributed by atoms with Gasteiger partial charge in [0.1, 0.15) is 18.3 Å². The minimum atomic E-state index is -4.90. The SMILES string of the molecule is O=C(O)C(=O)CC(O)C(O)C(O)C(O)COP(=O)(O)O. The molecule has 4 unspecified atom stereocenters. The monoisotopic (exact) mass is 318 g/mol. The molecule has 11 nitrogen and oxygen atoms in total. The highest BCUT2D eigenvalue weighted by molar-refractivity contribution is 7.46. The summed E-state index contributed by atoms with van der Waals surface area (Å²) in [4.78, 5) is 37.7. The Morgan fingerprint density at radius 1 is 1.00 bits per heavy atom. The second-order valence-corrected chi connectivity index (χ2v) is 5.07. The highest BCUT2D eigenvalue weighted by atomic mass is 31.2. The van der Waals surface area contributed by atoms with Crippen molar-refractivity contribution in [1.29, 1.82) is 0 Å². The zero-order valence-electron chi connectivity index (χ0n) is 9.93. The number of aliphatic hydroxyl groups excluding tert-OH is 4. The van der Waals surface area contributed by atoms with Crippen molar-refractivity contribution in [2.24, 2.45) is 0 Å². The molecule has 118 valence electrons. The van der Waals surface area contributed by atoms with E-state index in [1.165, 1.54) is 0 Å². The van der Waals surface area contributed by atoms with Crippen LogP contribution in [0.25, 0.3) is 0 Å². The highest BCUT2D eigenvalue weighted by Crippen LogP contribution is 2.35. The number of carbonyl (C=O) groups excluding carboxylic acids is 1. The van der Waals surface area contributed by atoms with Crippen LogP contribution in [0.1, 0.15) is 6.42 Å². The molecule has 20 heavy (non-hydrogen) atoms. The van der Waals surface area contributed by atoms with Crippen molar-refractivity contribution in [2.45, 2.75) is 30.8 Å². The molecule has 0 aliphatic heterocycles. The zero-order valence-corrected chi connectivity index (χ0v) is 10.8. The fourth-order valence-electron chi connectivity index (χ4n) is 1.13. The van der Waals surface area contributed by atoms with Crippen LogP contribution in [0.4, 0.5) is 0 Å². The molecule has 0 aliphatic carbocycles. The number of Topliss-reactive ketones (excluding diaryl/α,β-unsaturated/α-hetero) is 1. The maximum absolute atomic E-state index is 10.8. The Balaban J connectivity index is 4.44. The first kappa shape index (κ1) is 19.1. The van der Waals surface area contributed by atoms with Crippen molar-refractivity contribution >= 4 is 19.6 Å². The van der Waals surface area contributed by atoms with Crippen LogP contribution >= 0.6 is 7.82 Å². The van der Waals surface area contributed by atoms with Crippen molar-refractivity contribution in [3.63, 3.8) is 0 Å². The fraction of sp³-hybridized carbons (Fsp3) is 0.750. The number of aliphatic carboxylic acids is 1. The number of rotatable bonds is 9. The van der Waals surface area contributed by atoms with Gasteiger partial charge in [0.05, 0.1) is 12.7 Å². The number of ketones is 1. The van der Waals surface area contributed by atoms with Crippen molar-refractivity contribution in [2.75, 3.05) is 6.61 Å². The maximum atomic E-state index is 10.8. The molecule has 7 N–H and O–H groups in total. The van der Waals surface area contributed by atoms with E-state index < -0.39 is 57.0 Å². The second-order valence-electron chi connectivity index (χ2n) is 3.83. The third-order valence-electron chi connectivity index (χ3n) is 2.18. The van der Waals surface area contributed by atoms with Crippen LogP contribution in [0.3, 0.4) is 0 Å². The maximum Gasteiger partial charge on any atom is 0.469 e. The number of aliphatic hydroxyl groups is 4. The summed E-state index contributed by atoms with van der Waals surface area (Å²) in [7, 11) is -4.90. The lowest BCUT2D eigenvalue weighted by molar-refractivity contribution is -0.153. The number of phosphoric acid groups is 1. The average Bonchev–Trinajstić information content (AvgIpc) is 2.32. The second kappa shape index (κ2) is 7.76. The van der Waals surface area contributed by atoms with E-state index in [-0.39, 0.29) is 0 Å². The highest BCUT2D eigenvalue weighted by Gasteiger charge is 2.33. The Hall–Kier alpha value is -0.910. The zero-order chi connectivity index (χ0) is 16.1. The number of carboxylic acid groups (broad SMARTS) is 1. The third-order valence-corrected chi connectivity index (χ3v) is 2.67. The first-order chi connectivity index (χ1) is 8.95. The van der Waals surface area contributed by atoms with Crippen LogP contribution in [0.5, 0.6) is 0 Å². The fourth-order valence-corrected chi connectivity index (χ4v) is 1.47. The Morgan fingerprint density at radius 2 is 1.45 bits per heavy atom. The molecule has 0 aromatic rings. The van der Waals surface area contributed by atoms with Crippen LogP contribution in [-0.4, -0.2) is 78.1 Å². The van der Waals surface area contributed by atoms with E-state index in [4.69, 9.17) is 14.9 Å². The van der Waals surface area contributed by atoms with Crippen LogP contribution in [0.15, 0.2) is 0 Å². The summed E-state index contributed by atoms with van der Waals surface area (Å²) in [6, 6.07) is 0. The largest absolute Gasteiger partial charge is 0.475 e. The van der Waals surface area contributed by atoms with Crippen LogP contribution in [0, 0.1) is 0 Å². The minimum Gasteiger partial charge on any atom is -0.475 e. The summed E-state index contributed by atoms with van der Waals surface area (Å²) in [5.41, 5.74) is 0. The van der Waals surface area contributed by atoms with Gasteiger partial charge in [-0.3, -0.25) is 9.32 Å². The summed E-state index contributed by atoms with van der Waals surface area (Å²) < 4.78 is 14.2. The first-order valence-corrected chi connectivity index (χ1v) is 6.67. The molecule has 0 amide bonds. The molecule has 0 saturated carbocycles. The smallest absolute Gasteiger partial charge is 0.469 e. The Labute approximate surface area is 112 Å². The Bertz CT molecular complexity index is 390. The van der Waals surface area contributed by atoms with Gasteiger partial charge in [0.25, 0.3) is 0 Å². The molecule has 0 fully saturated rings. The van der Waals surface area contributed by atoms with Crippen molar-refractivity contribution in [3.8, 4) is 0 Å². The van der Waals surface area contributed by atoms with Gasteiger partial charge in [-0.05, 0) is 0 Å². The molecule has 0 aromatic heterocycles. The molecule has 0 aliphatic rings. The van der Waals surface area contributed by atoms with E-state index in [9.17, 15) is 34.6 Å². The van der Waals surface area contributed by atoms with Gasteiger partial charge in [-0.25, -0.2) is 9.36 Å². The van der Waals surface area contributed by atoms with Gasteiger partial charge in [-0.1, -0.05) is 0 Å². The first-order valence-electron chi connectivity index (χ1n) is 5.14. The van der Waals surface area contributed by atoms with E-state index in [1.54, 1.807) is 0 Å². The van der Waals surface area contributed by atoms with Crippen molar-refractivity contribution in [1.82, 2.24) is 0 Å². The Kier molecular flexibility index (Phi) is 7.41. The van der Waals surface area contributed by atoms with Gasteiger partial charge < -0.3 is 35.3 Å². The van der Waals surface area contributed by atoms with Gasteiger partial charge in [-0.15, -0.1) is 0 Å². The number of phosphoric ester groups is 1.